The van der Waals surface area contributed by atoms with Crippen LogP contribution in [0.4, 0.5) is 5.69 Å². The number of benzene rings is 3. The highest BCUT2D eigenvalue weighted by Gasteiger charge is 2.13. The number of amides is 3. The summed E-state index contributed by atoms with van der Waals surface area (Å²) < 4.78 is 5.36. The van der Waals surface area contributed by atoms with E-state index >= 15 is 0 Å². The van der Waals surface area contributed by atoms with Gasteiger partial charge in [-0.3, -0.25) is 14.4 Å². The predicted molar refractivity (Wildman–Crippen MR) is 127 cm³/mol. The van der Waals surface area contributed by atoms with Crippen molar-refractivity contribution in [2.45, 2.75) is 13.0 Å². The molecule has 172 valence electrons. The molecule has 0 aromatic heterocycles. The Balaban J connectivity index is 1.68. The van der Waals surface area contributed by atoms with E-state index in [1.54, 1.807) is 18.2 Å². The highest BCUT2D eigenvalue weighted by atomic mass is 35.5. The molecule has 0 aliphatic carbocycles. The summed E-state index contributed by atoms with van der Waals surface area (Å²) in [5, 5.41) is 14.9. The molecule has 3 amide bonds. The van der Waals surface area contributed by atoms with Gasteiger partial charge in [0, 0.05) is 28.4 Å². The number of primary amides is 1. The Morgan fingerprint density at radius 2 is 1.79 bits per heavy atom. The molecule has 0 saturated carbocycles. The van der Waals surface area contributed by atoms with Crippen molar-refractivity contribution in [3.05, 3.63) is 94.0 Å². The number of nitrogens with one attached hydrogen (secondary N) is 2. The Labute approximate surface area is 201 Å². The zero-order chi connectivity index (χ0) is 24.5. The first-order valence-electron chi connectivity index (χ1n) is 10.2. The smallest absolute Gasteiger partial charge is 0.255 e. The SMILES string of the molecule is N#Cc1ccc(CNC(=O)c2cc(Cl)cc(NC(=O)Cc3ccccc3)c2)c(OCC(N)=O)c1. The number of hydrogen-bond donors (Lipinski definition) is 3. The number of ether oxygens (including phenoxy) is 1. The number of hydrogen-bond acceptors (Lipinski definition) is 5. The summed E-state index contributed by atoms with van der Waals surface area (Å²) in [4.78, 5) is 36.2. The minimum atomic E-state index is -0.668. The number of anilines is 1. The van der Waals surface area contributed by atoms with E-state index < -0.39 is 11.8 Å². The van der Waals surface area contributed by atoms with Crippen LogP contribution in [0, 0.1) is 11.3 Å². The summed E-state index contributed by atoms with van der Waals surface area (Å²) in [7, 11) is 0. The van der Waals surface area contributed by atoms with Crippen LogP contribution in [0.25, 0.3) is 0 Å². The lowest BCUT2D eigenvalue weighted by Gasteiger charge is -2.13. The standard InChI is InChI=1S/C25H21ClN4O4/c26-20-10-19(11-21(12-20)30-24(32)9-16-4-2-1-3-5-16)25(33)29-14-18-7-6-17(13-27)8-22(18)34-15-23(28)31/h1-8,10-12H,9,14-15H2,(H2,28,31)(H,29,33)(H,30,32). The molecule has 4 N–H and O–H groups in total. The van der Waals surface area contributed by atoms with Gasteiger partial charge in [0.1, 0.15) is 5.75 Å². The summed E-state index contributed by atoms with van der Waals surface area (Å²) in [6.07, 6.45) is 0.182. The van der Waals surface area contributed by atoms with E-state index in [9.17, 15) is 14.4 Å². The molecule has 3 rings (SSSR count). The Bertz CT molecular complexity index is 1260. The lowest BCUT2D eigenvalue weighted by atomic mass is 10.1. The third-order valence-electron chi connectivity index (χ3n) is 4.66. The maximum absolute atomic E-state index is 12.8. The molecule has 0 unspecified atom stereocenters. The van der Waals surface area contributed by atoms with Crippen LogP contribution in [0.1, 0.15) is 27.0 Å². The van der Waals surface area contributed by atoms with Gasteiger partial charge in [0.25, 0.3) is 11.8 Å². The quantitative estimate of drug-likeness (QED) is 0.436. The molecule has 3 aromatic rings. The molecular formula is C25H21ClN4O4. The van der Waals surface area contributed by atoms with Crippen molar-refractivity contribution in [3.63, 3.8) is 0 Å². The van der Waals surface area contributed by atoms with Gasteiger partial charge < -0.3 is 21.1 Å². The van der Waals surface area contributed by atoms with E-state index in [0.717, 1.165) is 5.56 Å². The molecule has 0 saturated heterocycles. The lowest BCUT2D eigenvalue weighted by Crippen LogP contribution is -2.24. The molecule has 0 heterocycles. The largest absolute Gasteiger partial charge is 0.483 e. The third kappa shape index (κ3) is 7.08. The van der Waals surface area contributed by atoms with Gasteiger partial charge in [0.15, 0.2) is 6.61 Å². The van der Waals surface area contributed by atoms with Gasteiger partial charge >= 0.3 is 0 Å². The number of carbonyl (C=O) groups is 3. The minimum Gasteiger partial charge on any atom is -0.483 e. The van der Waals surface area contributed by atoms with Crippen LogP contribution in [0.3, 0.4) is 0 Å². The fourth-order valence-electron chi connectivity index (χ4n) is 3.11. The Morgan fingerprint density at radius 3 is 2.50 bits per heavy atom. The Kier molecular flexibility index (Phi) is 8.21. The Morgan fingerprint density at radius 1 is 1.03 bits per heavy atom. The van der Waals surface area contributed by atoms with E-state index in [1.807, 2.05) is 36.4 Å². The first kappa shape index (κ1) is 24.3. The number of nitrogens with zero attached hydrogens (tertiary/aromatic N) is 1. The number of nitriles is 1. The molecule has 0 radical (unpaired) electrons. The molecule has 0 atom stereocenters. The van der Waals surface area contributed by atoms with E-state index in [2.05, 4.69) is 10.6 Å². The summed E-state index contributed by atoms with van der Waals surface area (Å²) in [5.41, 5.74) is 7.50. The van der Waals surface area contributed by atoms with Gasteiger partial charge in [0.05, 0.1) is 18.1 Å². The van der Waals surface area contributed by atoms with Crippen LogP contribution in [-0.4, -0.2) is 24.3 Å². The number of halogens is 1. The molecule has 8 nitrogen and oxygen atoms in total. The first-order valence-corrected chi connectivity index (χ1v) is 10.6. The summed E-state index contributed by atoms with van der Waals surface area (Å²) in [6, 6.07) is 20.4. The topological polar surface area (TPSA) is 134 Å². The highest BCUT2D eigenvalue weighted by Crippen LogP contribution is 2.22. The van der Waals surface area contributed by atoms with Crippen molar-refractivity contribution in [1.82, 2.24) is 5.32 Å². The molecular weight excluding hydrogens is 456 g/mol. The average molecular weight is 477 g/mol. The zero-order valence-electron chi connectivity index (χ0n) is 18.0. The van der Waals surface area contributed by atoms with Crippen LogP contribution in [-0.2, 0) is 22.6 Å². The molecule has 0 spiro atoms. The molecule has 0 bridgehead atoms. The van der Waals surface area contributed by atoms with Crippen molar-refractivity contribution >= 4 is 35.0 Å². The van der Waals surface area contributed by atoms with Crippen molar-refractivity contribution in [2.24, 2.45) is 5.73 Å². The second-order valence-electron chi connectivity index (χ2n) is 7.31. The van der Waals surface area contributed by atoms with E-state index in [1.165, 1.54) is 18.2 Å². The van der Waals surface area contributed by atoms with Crippen molar-refractivity contribution in [2.75, 3.05) is 11.9 Å². The summed E-state index contributed by atoms with van der Waals surface area (Å²) >= 11 is 6.16. The molecule has 0 fully saturated rings. The van der Waals surface area contributed by atoms with Crippen molar-refractivity contribution in [1.29, 1.82) is 5.26 Å². The fraction of sp³-hybridized carbons (Fsp3) is 0.120. The highest BCUT2D eigenvalue weighted by molar-refractivity contribution is 6.31. The fourth-order valence-corrected chi connectivity index (χ4v) is 3.35. The van der Waals surface area contributed by atoms with E-state index in [-0.39, 0.29) is 41.8 Å². The molecule has 3 aromatic carbocycles. The predicted octanol–water partition coefficient (Wildman–Crippen LogP) is 3.19. The van der Waals surface area contributed by atoms with E-state index in [4.69, 9.17) is 27.3 Å². The van der Waals surface area contributed by atoms with Crippen molar-refractivity contribution in [3.8, 4) is 11.8 Å². The summed E-state index contributed by atoms with van der Waals surface area (Å²) in [6.45, 7) is -0.309. The maximum atomic E-state index is 12.8. The minimum absolute atomic E-state index is 0.0564. The lowest BCUT2D eigenvalue weighted by molar-refractivity contribution is -0.120. The monoisotopic (exact) mass is 476 g/mol. The summed E-state index contributed by atoms with van der Waals surface area (Å²) in [5.74, 6) is -1.09. The van der Waals surface area contributed by atoms with Gasteiger partial charge in [-0.15, -0.1) is 0 Å². The molecule has 0 aliphatic rings. The van der Waals surface area contributed by atoms with Gasteiger partial charge in [-0.1, -0.05) is 48.0 Å². The maximum Gasteiger partial charge on any atom is 0.255 e. The van der Waals surface area contributed by atoms with Gasteiger partial charge in [-0.2, -0.15) is 5.26 Å². The molecule has 0 aliphatic heterocycles. The second-order valence-corrected chi connectivity index (χ2v) is 7.75. The van der Waals surface area contributed by atoms with Crippen LogP contribution < -0.4 is 21.1 Å². The normalized spacial score (nSPS) is 10.1. The van der Waals surface area contributed by atoms with Crippen LogP contribution >= 0.6 is 11.6 Å². The van der Waals surface area contributed by atoms with Crippen molar-refractivity contribution < 1.29 is 19.1 Å². The number of carbonyl (C=O) groups excluding carboxylic acids is 3. The number of nitrogens with two attached hydrogens (primary N) is 1. The van der Waals surface area contributed by atoms with Crippen LogP contribution in [0.5, 0.6) is 5.75 Å². The van der Waals surface area contributed by atoms with Crippen LogP contribution in [0.15, 0.2) is 66.7 Å². The van der Waals surface area contributed by atoms with E-state index in [0.29, 0.717) is 16.8 Å². The van der Waals surface area contributed by atoms with Gasteiger partial charge in [0.2, 0.25) is 5.91 Å². The van der Waals surface area contributed by atoms with Gasteiger partial charge in [-0.25, -0.2) is 0 Å². The second kappa shape index (κ2) is 11.5. The number of rotatable bonds is 9. The van der Waals surface area contributed by atoms with Gasteiger partial charge in [-0.05, 0) is 35.9 Å². The first-order chi connectivity index (χ1) is 16.3. The van der Waals surface area contributed by atoms with Crippen LogP contribution in [0.2, 0.25) is 5.02 Å². The molecule has 9 heteroatoms. The zero-order valence-corrected chi connectivity index (χ0v) is 18.8. The molecule has 34 heavy (non-hydrogen) atoms. The average Bonchev–Trinajstić information content (AvgIpc) is 2.81. The third-order valence-corrected chi connectivity index (χ3v) is 4.88. The Hall–Kier alpha value is -4.35.